The van der Waals surface area contributed by atoms with Crippen LogP contribution in [0.15, 0.2) is 29.8 Å². The summed E-state index contributed by atoms with van der Waals surface area (Å²) >= 11 is 0. The standard InChI is InChI=1S/C24H31N3O4/c1-7-31-18-10-8-17(9-11-18)21-20(22(28)19-14(2)15(3)25-16(19)4)23(29)24(30)27(21)13-12-26(5)6/h8-11,21,25,28H,7,12-13H2,1-6H3/b22-20+. The number of amides is 1. The van der Waals surface area contributed by atoms with Crippen molar-refractivity contribution in [3.05, 3.63) is 57.9 Å². The molecule has 1 aliphatic rings. The van der Waals surface area contributed by atoms with E-state index in [2.05, 4.69) is 4.98 Å². The molecule has 166 valence electrons. The average molecular weight is 426 g/mol. The molecule has 1 aromatic carbocycles. The molecular weight excluding hydrogens is 394 g/mol. The number of Topliss-reactive ketones (excluding diaryl/α,β-unsaturated/α-hetero) is 1. The Kier molecular flexibility index (Phi) is 6.55. The fraction of sp³-hybridized carbons (Fsp3) is 0.417. The number of aromatic nitrogens is 1. The maximum absolute atomic E-state index is 13.1. The molecule has 7 nitrogen and oxygen atoms in total. The van der Waals surface area contributed by atoms with Crippen LogP contribution in [0.2, 0.25) is 0 Å². The van der Waals surface area contributed by atoms with Crippen molar-refractivity contribution in [2.24, 2.45) is 0 Å². The third-order valence-electron chi connectivity index (χ3n) is 5.76. The molecule has 1 unspecified atom stereocenters. The van der Waals surface area contributed by atoms with Crippen molar-refractivity contribution in [1.82, 2.24) is 14.8 Å². The number of ketones is 1. The molecule has 3 rings (SSSR count). The molecule has 31 heavy (non-hydrogen) atoms. The van der Waals surface area contributed by atoms with Crippen molar-refractivity contribution in [3.63, 3.8) is 0 Å². The number of nitrogens with one attached hydrogen (secondary N) is 1. The number of aryl methyl sites for hydroxylation is 2. The zero-order chi connectivity index (χ0) is 22.9. The van der Waals surface area contributed by atoms with Crippen molar-refractivity contribution in [1.29, 1.82) is 0 Å². The van der Waals surface area contributed by atoms with E-state index in [1.54, 1.807) is 4.90 Å². The van der Waals surface area contributed by atoms with Gasteiger partial charge in [0.05, 0.1) is 18.2 Å². The van der Waals surface area contributed by atoms with Gasteiger partial charge in [-0.3, -0.25) is 9.59 Å². The largest absolute Gasteiger partial charge is 0.507 e. The second kappa shape index (κ2) is 8.98. The summed E-state index contributed by atoms with van der Waals surface area (Å²) in [5, 5.41) is 11.3. The van der Waals surface area contributed by atoms with Crippen molar-refractivity contribution in [3.8, 4) is 5.75 Å². The lowest BCUT2D eigenvalue weighted by Gasteiger charge is -2.26. The van der Waals surface area contributed by atoms with Crippen molar-refractivity contribution in [2.45, 2.75) is 33.7 Å². The smallest absolute Gasteiger partial charge is 0.295 e. The molecule has 0 aliphatic carbocycles. The predicted molar refractivity (Wildman–Crippen MR) is 120 cm³/mol. The molecule has 1 aliphatic heterocycles. The Labute approximate surface area is 183 Å². The quantitative estimate of drug-likeness (QED) is 0.404. The van der Waals surface area contributed by atoms with Gasteiger partial charge in [-0.2, -0.15) is 0 Å². The monoisotopic (exact) mass is 425 g/mol. The summed E-state index contributed by atoms with van der Waals surface area (Å²) in [6.07, 6.45) is 0. The summed E-state index contributed by atoms with van der Waals surface area (Å²) in [5.41, 5.74) is 4.00. The van der Waals surface area contributed by atoms with Gasteiger partial charge in [-0.05, 0) is 65.0 Å². The molecule has 2 N–H and O–H groups in total. The number of likely N-dealkylation sites (N-methyl/N-ethyl adjacent to an activating group) is 1. The summed E-state index contributed by atoms with van der Waals surface area (Å²) in [5.74, 6) is -0.675. The van der Waals surface area contributed by atoms with Gasteiger partial charge in [-0.15, -0.1) is 0 Å². The molecular formula is C24H31N3O4. The van der Waals surface area contributed by atoms with Gasteiger partial charge in [0.2, 0.25) is 0 Å². The zero-order valence-electron chi connectivity index (χ0n) is 19.1. The van der Waals surface area contributed by atoms with Crippen molar-refractivity contribution in [2.75, 3.05) is 33.8 Å². The Morgan fingerprint density at radius 1 is 1.13 bits per heavy atom. The number of carbonyl (C=O) groups is 2. The first-order valence-corrected chi connectivity index (χ1v) is 10.5. The van der Waals surface area contributed by atoms with E-state index in [0.717, 1.165) is 22.5 Å². The third kappa shape index (κ3) is 4.23. The molecule has 1 saturated heterocycles. The van der Waals surface area contributed by atoms with Crippen LogP contribution in [0, 0.1) is 20.8 Å². The van der Waals surface area contributed by atoms with Crippen LogP contribution < -0.4 is 4.74 Å². The molecule has 0 saturated carbocycles. The van der Waals surface area contributed by atoms with Gasteiger partial charge in [0, 0.05) is 30.0 Å². The number of nitrogens with zero attached hydrogens (tertiary/aromatic N) is 2. The van der Waals surface area contributed by atoms with Gasteiger partial charge < -0.3 is 24.6 Å². The number of H-pyrrole nitrogens is 1. The van der Waals surface area contributed by atoms with E-state index in [4.69, 9.17) is 4.74 Å². The molecule has 1 fully saturated rings. The van der Waals surface area contributed by atoms with Gasteiger partial charge in [-0.1, -0.05) is 12.1 Å². The molecule has 1 amide bonds. The fourth-order valence-electron chi connectivity index (χ4n) is 4.07. The summed E-state index contributed by atoms with van der Waals surface area (Å²) in [6.45, 7) is 9.08. The minimum Gasteiger partial charge on any atom is -0.507 e. The Morgan fingerprint density at radius 3 is 2.29 bits per heavy atom. The lowest BCUT2D eigenvalue weighted by molar-refractivity contribution is -0.140. The Morgan fingerprint density at radius 2 is 1.77 bits per heavy atom. The summed E-state index contributed by atoms with van der Waals surface area (Å²) in [7, 11) is 3.83. The predicted octanol–water partition coefficient (Wildman–Crippen LogP) is 3.32. The number of likely N-dealkylation sites (tertiary alicyclic amines) is 1. The van der Waals surface area contributed by atoms with Crippen LogP contribution in [0.5, 0.6) is 5.75 Å². The van der Waals surface area contributed by atoms with E-state index < -0.39 is 17.7 Å². The molecule has 7 heteroatoms. The van der Waals surface area contributed by atoms with Gasteiger partial charge in [0.15, 0.2) is 0 Å². The van der Waals surface area contributed by atoms with Gasteiger partial charge in [-0.25, -0.2) is 0 Å². The van der Waals surface area contributed by atoms with Crippen LogP contribution in [-0.4, -0.2) is 65.4 Å². The normalized spacial score (nSPS) is 18.3. The topological polar surface area (TPSA) is 85.9 Å². The summed E-state index contributed by atoms with van der Waals surface area (Å²) < 4.78 is 5.53. The highest BCUT2D eigenvalue weighted by Crippen LogP contribution is 2.41. The first-order valence-electron chi connectivity index (χ1n) is 10.5. The highest BCUT2D eigenvalue weighted by atomic mass is 16.5. The summed E-state index contributed by atoms with van der Waals surface area (Å²) in [4.78, 5) is 32.8. The Balaban J connectivity index is 2.16. The average Bonchev–Trinajstić information content (AvgIpc) is 3.12. The Bertz CT molecular complexity index is 1020. The molecule has 1 atom stereocenters. The van der Waals surface area contributed by atoms with Crippen LogP contribution in [-0.2, 0) is 9.59 Å². The lowest BCUT2D eigenvalue weighted by Crippen LogP contribution is -2.35. The van der Waals surface area contributed by atoms with Crippen molar-refractivity contribution < 1.29 is 19.4 Å². The molecule has 2 heterocycles. The Hall–Kier alpha value is -3.06. The SMILES string of the molecule is CCOc1ccc(C2/C(=C(\O)c3c(C)[nH]c(C)c3C)C(=O)C(=O)N2CCN(C)C)cc1. The van der Waals surface area contributed by atoms with E-state index in [1.807, 2.05) is 71.0 Å². The molecule has 0 radical (unpaired) electrons. The fourth-order valence-corrected chi connectivity index (χ4v) is 4.07. The van der Waals surface area contributed by atoms with E-state index in [9.17, 15) is 14.7 Å². The van der Waals surface area contributed by atoms with Crippen molar-refractivity contribution >= 4 is 17.4 Å². The first kappa shape index (κ1) is 22.6. The second-order valence-electron chi connectivity index (χ2n) is 8.17. The minimum atomic E-state index is -0.662. The van der Waals surface area contributed by atoms with E-state index in [1.165, 1.54) is 0 Å². The van der Waals surface area contributed by atoms with E-state index in [-0.39, 0.29) is 11.3 Å². The second-order valence-corrected chi connectivity index (χ2v) is 8.17. The first-order chi connectivity index (χ1) is 14.7. The van der Waals surface area contributed by atoms with Gasteiger partial charge in [0.25, 0.3) is 11.7 Å². The molecule has 1 aromatic heterocycles. The maximum Gasteiger partial charge on any atom is 0.295 e. The number of aliphatic hydroxyl groups is 1. The van der Waals surface area contributed by atoms with Crippen LogP contribution in [0.4, 0.5) is 0 Å². The molecule has 0 spiro atoms. The number of rotatable bonds is 7. The number of aliphatic hydroxyl groups excluding tert-OH is 1. The summed E-state index contributed by atoms with van der Waals surface area (Å²) in [6, 6.07) is 6.67. The van der Waals surface area contributed by atoms with Gasteiger partial charge in [0.1, 0.15) is 11.5 Å². The number of aromatic amines is 1. The number of hydrogen-bond donors (Lipinski definition) is 2. The van der Waals surface area contributed by atoms with E-state index >= 15 is 0 Å². The number of benzene rings is 1. The van der Waals surface area contributed by atoms with E-state index in [0.29, 0.717) is 31.0 Å². The molecule has 2 aromatic rings. The van der Waals surface area contributed by atoms with Crippen LogP contribution in [0.25, 0.3) is 5.76 Å². The number of carbonyl (C=O) groups excluding carboxylic acids is 2. The van der Waals surface area contributed by atoms with Crippen LogP contribution in [0.3, 0.4) is 0 Å². The maximum atomic E-state index is 13.1. The molecule has 0 bridgehead atoms. The number of hydrogen-bond acceptors (Lipinski definition) is 5. The number of ether oxygens (including phenoxy) is 1. The zero-order valence-corrected chi connectivity index (χ0v) is 19.1. The lowest BCUT2D eigenvalue weighted by atomic mass is 9.94. The van der Waals surface area contributed by atoms with Crippen LogP contribution >= 0.6 is 0 Å². The highest BCUT2D eigenvalue weighted by molar-refractivity contribution is 6.46. The van der Waals surface area contributed by atoms with Crippen LogP contribution in [0.1, 0.15) is 41.0 Å². The van der Waals surface area contributed by atoms with Gasteiger partial charge >= 0.3 is 0 Å². The minimum absolute atomic E-state index is 0.123. The highest BCUT2D eigenvalue weighted by Gasteiger charge is 2.46. The third-order valence-corrected chi connectivity index (χ3v) is 5.76.